The van der Waals surface area contributed by atoms with Crippen LogP contribution in [0.25, 0.3) is 0 Å². The number of ether oxygens (including phenoxy) is 2. The van der Waals surface area contributed by atoms with E-state index in [0.29, 0.717) is 24.5 Å². The molecule has 5 rings (SSSR count). The van der Waals surface area contributed by atoms with Gasteiger partial charge in [0.05, 0.1) is 12.6 Å². The number of fused-ring (bicyclic) bond motifs is 2. The predicted octanol–water partition coefficient (Wildman–Crippen LogP) is 2.86. The summed E-state index contributed by atoms with van der Waals surface area (Å²) < 4.78 is 10.8. The molecular formula is C26H30N4O5. The van der Waals surface area contributed by atoms with Crippen molar-refractivity contribution < 1.29 is 23.9 Å². The molecule has 3 aliphatic heterocycles. The Kier molecular flexibility index (Phi) is 6.10. The van der Waals surface area contributed by atoms with Gasteiger partial charge in [0, 0.05) is 5.69 Å². The van der Waals surface area contributed by atoms with Gasteiger partial charge >= 0.3 is 6.03 Å². The summed E-state index contributed by atoms with van der Waals surface area (Å²) >= 11 is 0. The Bertz CT molecular complexity index is 1170. The zero-order valence-electron chi connectivity index (χ0n) is 20.2. The predicted molar refractivity (Wildman–Crippen MR) is 129 cm³/mol. The molecule has 0 saturated carbocycles. The minimum Gasteiger partial charge on any atom is -0.454 e. The summed E-state index contributed by atoms with van der Waals surface area (Å²) in [5.41, 5.74) is 4.57. The zero-order valence-corrected chi connectivity index (χ0v) is 20.2. The molecule has 35 heavy (non-hydrogen) atoms. The van der Waals surface area contributed by atoms with Gasteiger partial charge in [-0.05, 0) is 69.0 Å². The van der Waals surface area contributed by atoms with E-state index >= 15 is 0 Å². The van der Waals surface area contributed by atoms with Crippen molar-refractivity contribution in [1.29, 1.82) is 0 Å². The third kappa shape index (κ3) is 4.43. The van der Waals surface area contributed by atoms with Crippen molar-refractivity contribution >= 4 is 23.5 Å². The quantitative estimate of drug-likeness (QED) is 0.686. The number of rotatable bonds is 5. The SMILES string of the molecule is Cc1cc(C)c(NC(=O)CN2C(=O)N(Cc3ccc4c(c3)OCO4)C(=O)C3NCCCC32)c(C)c1. The summed E-state index contributed by atoms with van der Waals surface area (Å²) in [5.74, 6) is 0.682. The largest absolute Gasteiger partial charge is 0.454 e. The fourth-order valence-electron chi connectivity index (χ4n) is 5.28. The second kappa shape index (κ2) is 9.22. The second-order valence-electron chi connectivity index (χ2n) is 9.49. The second-order valence-corrected chi connectivity index (χ2v) is 9.49. The lowest BCUT2D eigenvalue weighted by molar-refractivity contribution is -0.138. The molecule has 0 aromatic heterocycles. The van der Waals surface area contributed by atoms with Crippen LogP contribution in [-0.2, 0) is 16.1 Å². The fraction of sp³-hybridized carbons (Fsp3) is 0.423. The molecule has 0 spiro atoms. The molecule has 2 aromatic rings. The molecule has 2 fully saturated rings. The number of aryl methyl sites for hydroxylation is 3. The van der Waals surface area contributed by atoms with Crippen LogP contribution in [-0.4, -0.2) is 59.6 Å². The highest BCUT2D eigenvalue weighted by Gasteiger charge is 2.47. The van der Waals surface area contributed by atoms with Gasteiger partial charge in [0.25, 0.3) is 0 Å². The van der Waals surface area contributed by atoms with Gasteiger partial charge in [-0.2, -0.15) is 0 Å². The lowest BCUT2D eigenvalue weighted by Crippen LogP contribution is -2.70. The summed E-state index contributed by atoms with van der Waals surface area (Å²) in [6.45, 7) is 6.73. The number of urea groups is 1. The Labute approximate surface area is 204 Å². The van der Waals surface area contributed by atoms with E-state index in [4.69, 9.17) is 9.47 Å². The fourth-order valence-corrected chi connectivity index (χ4v) is 5.28. The van der Waals surface area contributed by atoms with Crippen molar-refractivity contribution in [2.75, 3.05) is 25.2 Å². The lowest BCUT2D eigenvalue weighted by atomic mass is 9.93. The van der Waals surface area contributed by atoms with Gasteiger partial charge in [-0.15, -0.1) is 0 Å². The van der Waals surface area contributed by atoms with E-state index in [1.807, 2.05) is 39.0 Å². The maximum absolute atomic E-state index is 13.6. The highest BCUT2D eigenvalue weighted by Crippen LogP contribution is 2.34. The molecule has 9 nitrogen and oxygen atoms in total. The topological polar surface area (TPSA) is 100 Å². The Balaban J connectivity index is 1.37. The number of anilines is 1. The van der Waals surface area contributed by atoms with Crippen LogP contribution in [0.4, 0.5) is 10.5 Å². The van der Waals surface area contributed by atoms with Crippen molar-refractivity contribution in [3.8, 4) is 11.5 Å². The van der Waals surface area contributed by atoms with Gasteiger partial charge in [-0.1, -0.05) is 23.8 Å². The van der Waals surface area contributed by atoms with E-state index in [1.165, 1.54) is 4.90 Å². The van der Waals surface area contributed by atoms with E-state index in [2.05, 4.69) is 10.6 Å². The van der Waals surface area contributed by atoms with E-state index in [-0.39, 0.29) is 37.7 Å². The maximum Gasteiger partial charge on any atom is 0.327 e. The average Bonchev–Trinajstić information content (AvgIpc) is 3.30. The van der Waals surface area contributed by atoms with E-state index in [0.717, 1.165) is 34.4 Å². The number of amides is 4. The van der Waals surface area contributed by atoms with Gasteiger partial charge < -0.3 is 25.0 Å². The molecule has 0 bridgehead atoms. The molecule has 2 saturated heterocycles. The molecule has 3 heterocycles. The van der Waals surface area contributed by atoms with Crippen LogP contribution >= 0.6 is 0 Å². The number of carbonyl (C=O) groups is 3. The number of carbonyl (C=O) groups excluding carboxylic acids is 3. The number of benzene rings is 2. The number of hydrogen-bond donors (Lipinski definition) is 2. The Morgan fingerprint density at radius 1 is 1.09 bits per heavy atom. The minimum atomic E-state index is -0.536. The highest BCUT2D eigenvalue weighted by atomic mass is 16.7. The van der Waals surface area contributed by atoms with Crippen LogP contribution in [0.15, 0.2) is 30.3 Å². The van der Waals surface area contributed by atoms with E-state index in [9.17, 15) is 14.4 Å². The van der Waals surface area contributed by atoms with Crippen molar-refractivity contribution in [3.05, 3.63) is 52.6 Å². The van der Waals surface area contributed by atoms with Crippen LogP contribution in [0.5, 0.6) is 11.5 Å². The Hall–Kier alpha value is -3.59. The Morgan fingerprint density at radius 3 is 2.60 bits per heavy atom. The summed E-state index contributed by atoms with van der Waals surface area (Å²) in [6.07, 6.45) is 1.50. The zero-order chi connectivity index (χ0) is 24.7. The molecule has 4 amide bonds. The summed E-state index contributed by atoms with van der Waals surface area (Å²) in [6, 6.07) is 8.05. The molecule has 184 valence electrons. The first-order chi connectivity index (χ1) is 16.8. The molecule has 2 atom stereocenters. The smallest absolute Gasteiger partial charge is 0.327 e. The number of nitrogens with one attached hydrogen (secondary N) is 2. The van der Waals surface area contributed by atoms with E-state index in [1.54, 1.807) is 17.0 Å². The van der Waals surface area contributed by atoms with Crippen molar-refractivity contribution in [3.63, 3.8) is 0 Å². The van der Waals surface area contributed by atoms with Crippen LogP contribution < -0.4 is 20.1 Å². The molecule has 9 heteroatoms. The van der Waals surface area contributed by atoms with Crippen molar-refractivity contribution in [2.24, 2.45) is 0 Å². The molecule has 2 aromatic carbocycles. The van der Waals surface area contributed by atoms with Crippen LogP contribution in [0.3, 0.4) is 0 Å². The average molecular weight is 479 g/mol. The normalized spacial score (nSPS) is 21.2. The van der Waals surface area contributed by atoms with Gasteiger partial charge in [0.15, 0.2) is 11.5 Å². The summed E-state index contributed by atoms with van der Waals surface area (Å²) in [5, 5.41) is 6.25. The van der Waals surface area contributed by atoms with Gasteiger partial charge in [0.1, 0.15) is 12.6 Å². The monoisotopic (exact) mass is 478 g/mol. The van der Waals surface area contributed by atoms with Crippen molar-refractivity contribution in [1.82, 2.24) is 15.1 Å². The van der Waals surface area contributed by atoms with Crippen LogP contribution in [0, 0.1) is 20.8 Å². The molecule has 0 aliphatic carbocycles. The van der Waals surface area contributed by atoms with E-state index < -0.39 is 12.1 Å². The third-order valence-electron chi connectivity index (χ3n) is 6.87. The molecule has 3 aliphatic rings. The summed E-state index contributed by atoms with van der Waals surface area (Å²) in [4.78, 5) is 42.7. The first-order valence-electron chi connectivity index (χ1n) is 11.9. The van der Waals surface area contributed by atoms with Crippen LogP contribution in [0.1, 0.15) is 35.1 Å². The number of imide groups is 1. The third-order valence-corrected chi connectivity index (χ3v) is 6.87. The number of piperidine rings is 1. The number of nitrogens with zero attached hydrogens (tertiary/aromatic N) is 2. The van der Waals surface area contributed by atoms with Crippen LogP contribution in [0.2, 0.25) is 0 Å². The van der Waals surface area contributed by atoms with Gasteiger partial charge in [0.2, 0.25) is 18.6 Å². The standard InChI is InChI=1S/C26H30N4O5/c1-15-9-16(2)23(17(3)10-15)28-22(31)13-29-19-5-4-8-27-24(19)25(32)30(26(29)33)12-18-6-7-20-21(11-18)35-14-34-20/h6-7,9-11,19,24,27H,4-5,8,12-14H2,1-3H3,(H,28,31). The molecular weight excluding hydrogens is 448 g/mol. The number of hydrogen-bond acceptors (Lipinski definition) is 6. The molecule has 2 N–H and O–H groups in total. The maximum atomic E-state index is 13.6. The highest BCUT2D eigenvalue weighted by molar-refractivity contribution is 6.03. The molecule has 2 unspecified atom stereocenters. The summed E-state index contributed by atoms with van der Waals surface area (Å²) in [7, 11) is 0. The Morgan fingerprint density at radius 2 is 1.83 bits per heavy atom. The minimum absolute atomic E-state index is 0.0908. The van der Waals surface area contributed by atoms with Crippen molar-refractivity contribution in [2.45, 2.75) is 52.2 Å². The van der Waals surface area contributed by atoms with Gasteiger partial charge in [-0.3, -0.25) is 14.5 Å². The first-order valence-corrected chi connectivity index (χ1v) is 11.9. The van der Waals surface area contributed by atoms with Gasteiger partial charge in [-0.25, -0.2) is 4.79 Å². The molecule has 0 radical (unpaired) electrons. The first kappa shape index (κ1) is 23.2. The lowest BCUT2D eigenvalue weighted by Gasteiger charge is -2.46.